The molecule has 2 aliphatic heterocycles. The number of methoxy groups -OCH3 is 1. The summed E-state index contributed by atoms with van der Waals surface area (Å²) in [6, 6.07) is 13.1. The van der Waals surface area contributed by atoms with Crippen molar-refractivity contribution in [1.29, 1.82) is 0 Å². The minimum Gasteiger partial charge on any atom is -0.497 e. The van der Waals surface area contributed by atoms with Gasteiger partial charge in [-0.1, -0.05) is 6.07 Å². The van der Waals surface area contributed by atoms with Crippen molar-refractivity contribution in [3.63, 3.8) is 0 Å². The van der Waals surface area contributed by atoms with Gasteiger partial charge in [-0.15, -0.1) is 0 Å². The van der Waals surface area contributed by atoms with Crippen molar-refractivity contribution in [3.8, 4) is 5.75 Å². The minimum atomic E-state index is -3.66. The number of hydrogen-bond acceptors (Lipinski definition) is 6. The van der Waals surface area contributed by atoms with Gasteiger partial charge in [0.1, 0.15) is 5.75 Å². The number of carbonyl (C=O) groups is 2. The van der Waals surface area contributed by atoms with Gasteiger partial charge in [0.2, 0.25) is 21.8 Å². The lowest BCUT2D eigenvalue weighted by atomic mass is 10.1. The monoisotopic (exact) mass is 473 g/mol. The number of sulfonamides is 1. The van der Waals surface area contributed by atoms with Gasteiger partial charge in [-0.2, -0.15) is 0 Å². The van der Waals surface area contributed by atoms with E-state index in [-0.39, 0.29) is 42.3 Å². The summed E-state index contributed by atoms with van der Waals surface area (Å²) < 4.78 is 38.2. The van der Waals surface area contributed by atoms with Gasteiger partial charge < -0.3 is 19.7 Å². The normalized spacial score (nSPS) is 20.8. The molecule has 0 saturated carbocycles. The third kappa shape index (κ3) is 5.52. The van der Waals surface area contributed by atoms with E-state index in [2.05, 4.69) is 10.0 Å². The number of carbonyl (C=O) groups excluding carboxylic acids is 2. The average Bonchev–Trinajstić information content (AvgIpc) is 3.48. The summed E-state index contributed by atoms with van der Waals surface area (Å²) in [6.07, 6.45) is 1.78. The van der Waals surface area contributed by atoms with Crippen LogP contribution in [-0.4, -0.2) is 53.1 Å². The van der Waals surface area contributed by atoms with E-state index in [0.29, 0.717) is 23.7 Å². The Hall–Kier alpha value is -2.95. The van der Waals surface area contributed by atoms with Crippen molar-refractivity contribution in [3.05, 3.63) is 48.5 Å². The minimum absolute atomic E-state index is 0.0935. The molecule has 2 aromatic rings. The van der Waals surface area contributed by atoms with E-state index in [1.807, 2.05) is 0 Å². The van der Waals surface area contributed by atoms with E-state index in [1.165, 1.54) is 24.3 Å². The molecule has 10 heteroatoms. The van der Waals surface area contributed by atoms with Crippen LogP contribution in [-0.2, 0) is 24.3 Å². The largest absolute Gasteiger partial charge is 0.497 e. The fourth-order valence-corrected chi connectivity index (χ4v) is 5.03. The van der Waals surface area contributed by atoms with Crippen LogP contribution in [0.5, 0.6) is 5.75 Å². The summed E-state index contributed by atoms with van der Waals surface area (Å²) >= 11 is 0. The number of amides is 2. The lowest BCUT2D eigenvalue weighted by Gasteiger charge is -2.17. The molecule has 2 N–H and O–H groups in total. The van der Waals surface area contributed by atoms with E-state index >= 15 is 0 Å². The Morgan fingerprint density at radius 3 is 2.70 bits per heavy atom. The summed E-state index contributed by atoms with van der Waals surface area (Å²) in [5.41, 5.74) is 1.14. The van der Waals surface area contributed by atoms with Crippen molar-refractivity contribution in [2.24, 2.45) is 5.92 Å². The molecule has 2 fully saturated rings. The molecule has 9 nitrogen and oxygen atoms in total. The standard InChI is InChI=1S/C23H27N3O6S/c1-31-19-5-2-4-18(13-19)26-15-16(12-22(26)27)23(28)25-17-7-9-21(10-8-17)33(29,30)24-14-20-6-3-11-32-20/h2,4-5,7-10,13,16,20,24H,3,6,11-12,14-15H2,1H3,(H,25,28)/t16-,20-/m1/s1. The third-order valence-electron chi connectivity index (χ3n) is 5.82. The Morgan fingerprint density at radius 2 is 2.00 bits per heavy atom. The van der Waals surface area contributed by atoms with Crippen LogP contribution >= 0.6 is 0 Å². The second kappa shape index (κ2) is 9.90. The lowest BCUT2D eigenvalue weighted by Crippen LogP contribution is -2.31. The van der Waals surface area contributed by atoms with Crippen LogP contribution in [0, 0.1) is 5.92 Å². The van der Waals surface area contributed by atoms with Gasteiger partial charge in [-0.25, -0.2) is 13.1 Å². The van der Waals surface area contributed by atoms with Gasteiger partial charge in [-0.3, -0.25) is 9.59 Å². The second-order valence-electron chi connectivity index (χ2n) is 8.11. The lowest BCUT2D eigenvalue weighted by molar-refractivity contribution is -0.122. The smallest absolute Gasteiger partial charge is 0.240 e. The molecule has 0 aliphatic carbocycles. The molecule has 0 spiro atoms. The van der Waals surface area contributed by atoms with Gasteiger partial charge in [0.05, 0.1) is 24.0 Å². The van der Waals surface area contributed by atoms with Crippen molar-refractivity contribution in [2.75, 3.05) is 37.0 Å². The van der Waals surface area contributed by atoms with Crippen molar-refractivity contribution >= 4 is 33.2 Å². The fraction of sp³-hybridized carbons (Fsp3) is 0.391. The van der Waals surface area contributed by atoms with Crippen LogP contribution in [0.4, 0.5) is 11.4 Å². The first-order chi connectivity index (χ1) is 15.9. The molecule has 2 heterocycles. The van der Waals surface area contributed by atoms with E-state index < -0.39 is 15.9 Å². The van der Waals surface area contributed by atoms with Crippen molar-refractivity contribution in [2.45, 2.75) is 30.3 Å². The quantitative estimate of drug-likeness (QED) is 0.607. The second-order valence-corrected chi connectivity index (χ2v) is 9.87. The van der Waals surface area contributed by atoms with Crippen molar-refractivity contribution in [1.82, 2.24) is 4.72 Å². The zero-order valence-electron chi connectivity index (χ0n) is 18.3. The molecular formula is C23H27N3O6S. The van der Waals surface area contributed by atoms with Gasteiger partial charge >= 0.3 is 0 Å². The van der Waals surface area contributed by atoms with Crippen LogP contribution in [0.3, 0.4) is 0 Å². The predicted molar refractivity (Wildman–Crippen MR) is 123 cm³/mol. The van der Waals surface area contributed by atoms with E-state index in [0.717, 1.165) is 12.8 Å². The number of benzene rings is 2. The zero-order chi connectivity index (χ0) is 23.4. The van der Waals surface area contributed by atoms with E-state index in [9.17, 15) is 18.0 Å². The molecule has 4 rings (SSSR count). The van der Waals surface area contributed by atoms with Crippen LogP contribution < -0.4 is 19.7 Å². The molecule has 2 amide bonds. The number of ether oxygens (including phenoxy) is 2. The Balaban J connectivity index is 1.35. The molecule has 2 aliphatic rings. The molecule has 2 saturated heterocycles. The Kier molecular flexibility index (Phi) is 6.96. The van der Waals surface area contributed by atoms with Crippen LogP contribution in [0.15, 0.2) is 53.4 Å². The summed E-state index contributed by atoms with van der Waals surface area (Å²) in [5.74, 6) is -0.309. The molecule has 176 valence electrons. The van der Waals surface area contributed by atoms with Gasteiger partial charge in [0.25, 0.3) is 0 Å². The van der Waals surface area contributed by atoms with Crippen LogP contribution in [0.25, 0.3) is 0 Å². The Morgan fingerprint density at radius 1 is 1.21 bits per heavy atom. The predicted octanol–water partition coefficient (Wildman–Crippen LogP) is 2.14. The Bertz CT molecular complexity index is 1110. The molecule has 2 aromatic carbocycles. The van der Waals surface area contributed by atoms with Gasteiger partial charge in [0.15, 0.2) is 0 Å². The number of rotatable bonds is 8. The Labute approximate surface area is 193 Å². The first-order valence-electron chi connectivity index (χ1n) is 10.8. The van der Waals surface area contributed by atoms with Crippen LogP contribution in [0.2, 0.25) is 0 Å². The zero-order valence-corrected chi connectivity index (χ0v) is 19.1. The molecule has 0 radical (unpaired) electrons. The number of anilines is 2. The van der Waals surface area contributed by atoms with Gasteiger partial charge in [-0.05, 0) is 49.2 Å². The number of nitrogens with one attached hydrogen (secondary N) is 2. The summed E-state index contributed by atoms with van der Waals surface area (Å²) in [6.45, 7) is 1.16. The summed E-state index contributed by atoms with van der Waals surface area (Å²) in [7, 11) is -2.11. The number of nitrogens with zero attached hydrogens (tertiary/aromatic N) is 1. The molecule has 0 bridgehead atoms. The molecule has 33 heavy (non-hydrogen) atoms. The van der Waals surface area contributed by atoms with E-state index in [4.69, 9.17) is 9.47 Å². The van der Waals surface area contributed by atoms with Crippen molar-refractivity contribution < 1.29 is 27.5 Å². The maximum atomic E-state index is 12.7. The SMILES string of the molecule is COc1cccc(N2C[C@H](C(=O)Nc3ccc(S(=O)(=O)NC[C@H]4CCCO4)cc3)CC2=O)c1. The first-order valence-corrected chi connectivity index (χ1v) is 12.3. The van der Waals surface area contributed by atoms with Crippen LogP contribution in [0.1, 0.15) is 19.3 Å². The molecule has 2 atom stereocenters. The molecule has 0 aromatic heterocycles. The first kappa shape index (κ1) is 23.2. The summed E-state index contributed by atoms with van der Waals surface area (Å²) in [4.78, 5) is 26.9. The highest BCUT2D eigenvalue weighted by Gasteiger charge is 2.35. The molecule has 0 unspecified atom stereocenters. The third-order valence-corrected chi connectivity index (χ3v) is 7.26. The average molecular weight is 474 g/mol. The highest BCUT2D eigenvalue weighted by Crippen LogP contribution is 2.28. The maximum absolute atomic E-state index is 12.7. The highest BCUT2D eigenvalue weighted by atomic mass is 32.2. The summed E-state index contributed by atoms with van der Waals surface area (Å²) in [5, 5.41) is 2.78. The topological polar surface area (TPSA) is 114 Å². The molecular weight excluding hydrogens is 446 g/mol. The fourth-order valence-electron chi connectivity index (χ4n) is 3.96. The van der Waals surface area contributed by atoms with Gasteiger partial charge in [0, 0.05) is 43.6 Å². The highest BCUT2D eigenvalue weighted by molar-refractivity contribution is 7.89. The van der Waals surface area contributed by atoms with E-state index in [1.54, 1.807) is 36.3 Å². The maximum Gasteiger partial charge on any atom is 0.240 e. The number of hydrogen-bond donors (Lipinski definition) is 2.